The van der Waals surface area contributed by atoms with Gasteiger partial charge in [-0.25, -0.2) is 4.98 Å². The van der Waals surface area contributed by atoms with E-state index in [-0.39, 0.29) is 11.9 Å². The topological polar surface area (TPSA) is 92.9 Å². The van der Waals surface area contributed by atoms with Crippen LogP contribution in [0.15, 0.2) is 48.1 Å². The van der Waals surface area contributed by atoms with Crippen molar-refractivity contribution in [1.82, 2.24) is 25.1 Å². The summed E-state index contributed by atoms with van der Waals surface area (Å²) < 4.78 is 2.83. The average molecular weight is 420 g/mol. The van der Waals surface area contributed by atoms with Crippen molar-refractivity contribution in [3.05, 3.63) is 64.9 Å². The molecule has 1 amide bonds. The van der Waals surface area contributed by atoms with E-state index in [1.54, 1.807) is 16.0 Å². The van der Waals surface area contributed by atoms with E-state index in [0.717, 1.165) is 45.6 Å². The number of thiophene rings is 1. The highest BCUT2D eigenvalue weighted by Gasteiger charge is 2.30. The van der Waals surface area contributed by atoms with Crippen LogP contribution in [0.3, 0.4) is 0 Å². The average Bonchev–Trinajstić information content (AvgIpc) is 3.40. The van der Waals surface area contributed by atoms with Gasteiger partial charge in [-0.05, 0) is 53.6 Å². The van der Waals surface area contributed by atoms with Crippen molar-refractivity contribution in [2.75, 3.05) is 0 Å². The fraction of sp³-hybridized carbons (Fsp3) is 0.273. The first-order valence-electron chi connectivity index (χ1n) is 9.88. The number of carbonyl (C=O) groups is 1. The summed E-state index contributed by atoms with van der Waals surface area (Å²) >= 11 is 1.62. The maximum Gasteiger partial charge on any atom is 0.270 e. The number of hydrogen-bond donors (Lipinski definition) is 2. The highest BCUT2D eigenvalue weighted by molar-refractivity contribution is 7.17. The zero-order valence-corrected chi connectivity index (χ0v) is 17.3. The van der Waals surface area contributed by atoms with Crippen LogP contribution in [-0.2, 0) is 13.5 Å². The van der Waals surface area contributed by atoms with Crippen LogP contribution in [0.2, 0.25) is 0 Å². The highest BCUT2D eigenvalue weighted by Crippen LogP contribution is 2.27. The molecule has 7 nitrogen and oxygen atoms in total. The molecule has 4 aromatic rings. The molecule has 2 N–H and O–H groups in total. The number of nitrogens with zero attached hydrogens (tertiary/aromatic N) is 4. The van der Waals surface area contributed by atoms with Crippen molar-refractivity contribution in [2.24, 2.45) is 7.05 Å². The quantitative estimate of drug-likeness (QED) is 0.519. The van der Waals surface area contributed by atoms with Crippen molar-refractivity contribution in [3.8, 4) is 11.4 Å². The number of carbonyl (C=O) groups excluding carboxylic acids is 1. The summed E-state index contributed by atoms with van der Waals surface area (Å²) in [6.45, 7) is 0. The largest absolute Gasteiger partial charge is 0.391 e. The van der Waals surface area contributed by atoms with E-state index in [2.05, 4.69) is 20.4 Å². The second kappa shape index (κ2) is 7.62. The van der Waals surface area contributed by atoms with E-state index < -0.39 is 6.10 Å². The van der Waals surface area contributed by atoms with Crippen LogP contribution < -0.4 is 5.32 Å². The first-order chi connectivity index (χ1) is 14.6. The molecule has 1 aliphatic rings. The molecule has 0 aromatic carbocycles. The van der Waals surface area contributed by atoms with Crippen LogP contribution in [0.5, 0.6) is 0 Å². The zero-order chi connectivity index (χ0) is 20.7. The van der Waals surface area contributed by atoms with Crippen LogP contribution in [0, 0.1) is 0 Å². The van der Waals surface area contributed by atoms with E-state index in [1.807, 2.05) is 55.2 Å². The molecule has 4 heterocycles. The number of rotatable bonds is 5. The van der Waals surface area contributed by atoms with Crippen molar-refractivity contribution >= 4 is 27.5 Å². The van der Waals surface area contributed by atoms with Crippen LogP contribution >= 0.6 is 11.3 Å². The Morgan fingerprint density at radius 3 is 2.83 bits per heavy atom. The summed E-state index contributed by atoms with van der Waals surface area (Å²) in [7, 11) is 1.88. The van der Waals surface area contributed by atoms with E-state index in [9.17, 15) is 9.90 Å². The van der Waals surface area contributed by atoms with Crippen LogP contribution in [0.4, 0.5) is 0 Å². The molecule has 0 saturated heterocycles. The minimum Gasteiger partial charge on any atom is -0.391 e. The zero-order valence-electron chi connectivity index (χ0n) is 16.4. The normalized spacial score (nSPS) is 18.3. The Kier molecular flexibility index (Phi) is 4.80. The lowest BCUT2D eigenvalue weighted by molar-refractivity contribution is 0.0446. The van der Waals surface area contributed by atoms with E-state index in [4.69, 9.17) is 0 Å². The first-order valence-corrected chi connectivity index (χ1v) is 10.8. The van der Waals surface area contributed by atoms with Gasteiger partial charge in [0.15, 0.2) is 0 Å². The molecule has 0 aliphatic heterocycles. The number of pyridine rings is 2. The minimum atomic E-state index is -0.456. The van der Waals surface area contributed by atoms with Gasteiger partial charge in [-0.1, -0.05) is 6.07 Å². The lowest BCUT2D eigenvalue weighted by Gasteiger charge is -2.32. The summed E-state index contributed by atoms with van der Waals surface area (Å²) in [4.78, 5) is 21.7. The van der Waals surface area contributed by atoms with Crippen LogP contribution in [0.1, 0.15) is 34.5 Å². The number of aromatic nitrogens is 4. The van der Waals surface area contributed by atoms with Crippen molar-refractivity contribution in [1.29, 1.82) is 0 Å². The third kappa shape index (κ3) is 3.59. The molecule has 1 fully saturated rings. The van der Waals surface area contributed by atoms with E-state index >= 15 is 0 Å². The number of aliphatic hydroxyl groups excluding tert-OH is 1. The smallest absolute Gasteiger partial charge is 0.270 e. The molecule has 30 heavy (non-hydrogen) atoms. The Morgan fingerprint density at radius 1 is 1.27 bits per heavy atom. The summed E-state index contributed by atoms with van der Waals surface area (Å²) in [6, 6.07) is 9.55. The number of aliphatic hydroxyl groups is 1. The molecule has 0 unspecified atom stereocenters. The van der Waals surface area contributed by atoms with Crippen molar-refractivity contribution < 1.29 is 9.90 Å². The lowest BCUT2D eigenvalue weighted by atomic mass is 9.89. The highest BCUT2D eigenvalue weighted by atomic mass is 32.1. The number of aryl methyl sites for hydroxylation is 1. The maximum absolute atomic E-state index is 12.7. The van der Waals surface area contributed by atoms with Gasteiger partial charge in [0.25, 0.3) is 5.91 Å². The Labute approximate surface area is 177 Å². The lowest BCUT2D eigenvalue weighted by Crippen LogP contribution is -2.50. The molecule has 8 heteroatoms. The summed E-state index contributed by atoms with van der Waals surface area (Å²) in [5.74, 6) is -0.239. The maximum atomic E-state index is 12.7. The number of fused-ring (bicyclic) bond motifs is 1. The van der Waals surface area contributed by atoms with Crippen molar-refractivity contribution in [3.63, 3.8) is 0 Å². The first kappa shape index (κ1) is 18.9. The minimum absolute atomic E-state index is 0.177. The fourth-order valence-corrected chi connectivity index (χ4v) is 4.47. The Bertz CT molecular complexity index is 1210. The molecular formula is C22H21N5O2S. The van der Waals surface area contributed by atoms with Crippen LogP contribution in [-0.4, -0.2) is 42.9 Å². The van der Waals surface area contributed by atoms with Gasteiger partial charge >= 0.3 is 0 Å². The molecule has 0 bridgehead atoms. The second-order valence-corrected chi connectivity index (χ2v) is 8.55. The molecule has 2 atom stereocenters. The Morgan fingerprint density at radius 2 is 2.17 bits per heavy atom. The van der Waals surface area contributed by atoms with Gasteiger partial charge < -0.3 is 10.4 Å². The van der Waals surface area contributed by atoms with Gasteiger partial charge in [0, 0.05) is 25.9 Å². The molecule has 1 saturated carbocycles. The van der Waals surface area contributed by atoms with Gasteiger partial charge in [-0.15, -0.1) is 11.3 Å². The Balaban J connectivity index is 1.40. The third-order valence-corrected chi connectivity index (χ3v) is 6.45. The predicted octanol–water partition coefficient (Wildman–Crippen LogP) is 2.94. The fourth-order valence-electron chi connectivity index (χ4n) is 3.62. The van der Waals surface area contributed by atoms with Crippen molar-refractivity contribution in [2.45, 2.75) is 31.4 Å². The predicted molar refractivity (Wildman–Crippen MR) is 115 cm³/mol. The standard InChI is InChI=1S/C22H21N5O2S/c1-27-8-6-16(26-27)15-3-2-13(12-23-15)10-14-11-19(24-18-7-9-30-21(14)18)22(29)25-17-4-5-20(17)28/h2-3,6-9,11-12,17,20,28H,4-5,10H2,1H3,(H,25,29)/t17-,20-/m1/s1. The Hall–Kier alpha value is -3.10. The SMILES string of the molecule is Cn1ccc(-c2ccc(Cc3cc(C(=O)N[C@@H]4CC[C@H]4O)nc4ccsc34)cn2)n1. The van der Waals surface area contributed by atoms with E-state index in [1.165, 1.54) is 0 Å². The molecule has 5 rings (SSSR count). The van der Waals surface area contributed by atoms with Crippen LogP contribution in [0.25, 0.3) is 21.6 Å². The molecule has 0 radical (unpaired) electrons. The van der Waals surface area contributed by atoms with E-state index in [0.29, 0.717) is 12.1 Å². The monoisotopic (exact) mass is 419 g/mol. The number of hydrogen-bond acceptors (Lipinski definition) is 6. The van der Waals surface area contributed by atoms with Gasteiger partial charge in [-0.3, -0.25) is 14.5 Å². The number of amides is 1. The molecule has 152 valence electrons. The summed E-state index contributed by atoms with van der Waals surface area (Å²) in [6.07, 6.45) is 5.48. The summed E-state index contributed by atoms with van der Waals surface area (Å²) in [5.41, 5.74) is 4.96. The second-order valence-electron chi connectivity index (χ2n) is 7.63. The molecule has 0 spiro atoms. The molecular weight excluding hydrogens is 398 g/mol. The molecule has 4 aromatic heterocycles. The summed E-state index contributed by atoms with van der Waals surface area (Å²) in [5, 5.41) is 19.0. The van der Waals surface area contributed by atoms with Gasteiger partial charge in [0.05, 0.1) is 28.1 Å². The molecule has 1 aliphatic carbocycles. The third-order valence-electron chi connectivity index (χ3n) is 5.47. The van der Waals surface area contributed by atoms with Gasteiger partial charge in [0.1, 0.15) is 11.4 Å². The van der Waals surface area contributed by atoms with Gasteiger partial charge in [-0.2, -0.15) is 5.10 Å². The number of nitrogens with one attached hydrogen (secondary N) is 1. The van der Waals surface area contributed by atoms with Gasteiger partial charge in [0.2, 0.25) is 0 Å².